The molecule has 1 aromatic heterocycles. The maximum atomic E-state index is 11.0. The molecule has 0 amide bonds. The second-order valence-corrected chi connectivity index (χ2v) is 5.08. The summed E-state index contributed by atoms with van der Waals surface area (Å²) in [6.45, 7) is 0. The van der Waals surface area contributed by atoms with Crippen LogP contribution in [0, 0.1) is 5.92 Å². The Labute approximate surface area is 108 Å². The van der Waals surface area contributed by atoms with Crippen molar-refractivity contribution in [1.29, 1.82) is 0 Å². The third-order valence-corrected chi connectivity index (χ3v) is 3.86. The highest BCUT2D eigenvalue weighted by Gasteiger charge is 2.32. The van der Waals surface area contributed by atoms with Gasteiger partial charge in [-0.05, 0) is 12.5 Å². The lowest BCUT2D eigenvalue weighted by Gasteiger charge is -2.23. The van der Waals surface area contributed by atoms with Gasteiger partial charge in [0.2, 0.25) is 0 Å². The Kier molecular flexibility index (Phi) is 2.57. The van der Waals surface area contributed by atoms with Gasteiger partial charge >= 0.3 is 5.97 Å². The zero-order valence-corrected chi connectivity index (χ0v) is 10.2. The van der Waals surface area contributed by atoms with Crippen molar-refractivity contribution in [2.45, 2.75) is 18.9 Å². The summed E-state index contributed by atoms with van der Waals surface area (Å²) in [5, 5.41) is 20.7. The van der Waals surface area contributed by atoms with E-state index in [1.54, 1.807) is 6.07 Å². The minimum Gasteiger partial charge on any atom is -0.481 e. The van der Waals surface area contributed by atoms with Crippen molar-refractivity contribution in [3.05, 3.63) is 34.5 Å². The molecule has 1 aliphatic carbocycles. The molecule has 3 rings (SSSR count). The molecule has 94 valence electrons. The van der Waals surface area contributed by atoms with E-state index in [1.165, 1.54) is 0 Å². The monoisotopic (exact) mass is 265 g/mol. The fourth-order valence-corrected chi connectivity index (χ4v) is 2.93. The fraction of sp³-hybridized carbons (Fsp3) is 0.308. The number of fused-ring (bicyclic) bond motifs is 3. The maximum Gasteiger partial charge on any atom is 0.306 e. The minimum atomic E-state index is -0.871. The van der Waals surface area contributed by atoms with E-state index in [4.69, 9.17) is 16.7 Å². The van der Waals surface area contributed by atoms with Gasteiger partial charge in [-0.1, -0.05) is 23.7 Å². The van der Waals surface area contributed by atoms with Gasteiger partial charge in [0.25, 0.3) is 0 Å². The maximum absolute atomic E-state index is 11.0. The smallest absolute Gasteiger partial charge is 0.306 e. The average molecular weight is 266 g/mol. The van der Waals surface area contributed by atoms with E-state index in [0.29, 0.717) is 11.4 Å². The second kappa shape index (κ2) is 4.00. The summed E-state index contributed by atoms with van der Waals surface area (Å²) in [5.74, 6) is -1.41. The first kappa shape index (κ1) is 11.6. The van der Waals surface area contributed by atoms with Crippen molar-refractivity contribution in [1.82, 2.24) is 4.98 Å². The number of aromatic amines is 1. The van der Waals surface area contributed by atoms with Crippen molar-refractivity contribution in [2.24, 2.45) is 5.92 Å². The van der Waals surface area contributed by atoms with Crippen LogP contribution in [0.4, 0.5) is 0 Å². The topological polar surface area (TPSA) is 73.3 Å². The van der Waals surface area contributed by atoms with Crippen LogP contribution in [0.1, 0.15) is 23.8 Å². The molecule has 0 aliphatic heterocycles. The van der Waals surface area contributed by atoms with Crippen LogP contribution < -0.4 is 0 Å². The van der Waals surface area contributed by atoms with Crippen molar-refractivity contribution < 1.29 is 15.0 Å². The number of aliphatic hydroxyl groups excluding tert-OH is 1. The number of aromatic nitrogens is 1. The Morgan fingerprint density at radius 1 is 1.44 bits per heavy atom. The molecule has 1 heterocycles. The van der Waals surface area contributed by atoms with Crippen LogP contribution in [0.15, 0.2) is 18.2 Å². The van der Waals surface area contributed by atoms with Gasteiger partial charge in [-0.25, -0.2) is 0 Å². The van der Waals surface area contributed by atoms with Gasteiger partial charge in [0.1, 0.15) is 0 Å². The molecule has 1 aliphatic rings. The summed E-state index contributed by atoms with van der Waals surface area (Å²) in [6, 6.07) is 5.49. The van der Waals surface area contributed by atoms with Crippen molar-refractivity contribution >= 4 is 28.5 Å². The molecule has 0 saturated carbocycles. The molecule has 5 heteroatoms. The molecular weight excluding hydrogens is 254 g/mol. The Hall–Kier alpha value is -1.52. The molecule has 0 radical (unpaired) electrons. The molecule has 3 N–H and O–H groups in total. The van der Waals surface area contributed by atoms with E-state index in [0.717, 1.165) is 22.2 Å². The van der Waals surface area contributed by atoms with E-state index in [-0.39, 0.29) is 6.42 Å². The number of para-hydroxylation sites is 1. The summed E-state index contributed by atoms with van der Waals surface area (Å²) < 4.78 is 0. The van der Waals surface area contributed by atoms with E-state index in [9.17, 15) is 9.90 Å². The number of carbonyl (C=O) groups is 1. The Balaban J connectivity index is 2.19. The van der Waals surface area contributed by atoms with Crippen LogP contribution in [-0.4, -0.2) is 21.2 Å². The van der Waals surface area contributed by atoms with Gasteiger partial charge in [-0.2, -0.15) is 0 Å². The van der Waals surface area contributed by atoms with E-state index in [2.05, 4.69) is 4.98 Å². The normalized spacial score (nSPS) is 23.0. The minimum absolute atomic E-state index is 0.252. The van der Waals surface area contributed by atoms with E-state index in [1.807, 2.05) is 12.1 Å². The molecular formula is C13H12ClNO3. The lowest BCUT2D eigenvalue weighted by Crippen LogP contribution is -2.24. The number of aliphatic hydroxyl groups is 1. The molecule has 18 heavy (non-hydrogen) atoms. The highest BCUT2D eigenvalue weighted by molar-refractivity contribution is 6.35. The number of carboxylic acid groups (broad SMARTS) is 1. The number of aliphatic carboxylic acids is 1. The van der Waals surface area contributed by atoms with Crippen molar-refractivity contribution in [3.63, 3.8) is 0 Å². The molecule has 4 nitrogen and oxygen atoms in total. The van der Waals surface area contributed by atoms with E-state index < -0.39 is 18.0 Å². The molecule has 2 atom stereocenters. The molecule has 2 unspecified atom stereocenters. The van der Waals surface area contributed by atoms with Crippen LogP contribution >= 0.6 is 11.6 Å². The third kappa shape index (κ3) is 1.61. The number of benzene rings is 1. The molecule has 1 aromatic carbocycles. The summed E-state index contributed by atoms with van der Waals surface area (Å²) in [4.78, 5) is 14.2. The number of rotatable bonds is 1. The first-order chi connectivity index (χ1) is 8.58. The molecule has 0 spiro atoms. The quantitative estimate of drug-likeness (QED) is 0.742. The summed E-state index contributed by atoms with van der Waals surface area (Å²) in [5.41, 5.74) is 2.35. The van der Waals surface area contributed by atoms with Crippen molar-refractivity contribution in [3.8, 4) is 0 Å². The highest BCUT2D eigenvalue weighted by atomic mass is 35.5. The van der Waals surface area contributed by atoms with Gasteiger partial charge in [0.05, 0.1) is 22.6 Å². The summed E-state index contributed by atoms with van der Waals surface area (Å²) in [6.07, 6.45) is -0.0868. The van der Waals surface area contributed by atoms with Crippen LogP contribution in [-0.2, 0) is 11.2 Å². The predicted octanol–water partition coefficient (Wildman–Crippen LogP) is 2.50. The number of H-pyrrole nitrogens is 1. The number of halogens is 1. The highest BCUT2D eigenvalue weighted by Crippen LogP contribution is 2.39. The van der Waals surface area contributed by atoms with Gasteiger partial charge in [-0.15, -0.1) is 0 Å². The van der Waals surface area contributed by atoms with Gasteiger partial charge < -0.3 is 15.2 Å². The first-order valence-electron chi connectivity index (χ1n) is 5.77. The second-order valence-electron chi connectivity index (χ2n) is 4.67. The summed E-state index contributed by atoms with van der Waals surface area (Å²) in [7, 11) is 0. The largest absolute Gasteiger partial charge is 0.481 e. The standard InChI is InChI=1S/C13H12ClNO3/c14-8-3-1-2-7-11-9(15-12(7)8)4-6(13(17)18)5-10(11)16/h1-3,6,10,15-16H,4-5H2,(H,17,18). The van der Waals surface area contributed by atoms with Gasteiger partial charge in [-0.3, -0.25) is 4.79 Å². The third-order valence-electron chi connectivity index (χ3n) is 3.55. The van der Waals surface area contributed by atoms with Gasteiger partial charge in [0, 0.05) is 23.1 Å². The lowest BCUT2D eigenvalue weighted by atomic mass is 9.85. The number of hydrogen-bond acceptors (Lipinski definition) is 2. The van der Waals surface area contributed by atoms with Crippen LogP contribution in [0.3, 0.4) is 0 Å². The zero-order chi connectivity index (χ0) is 12.9. The van der Waals surface area contributed by atoms with Crippen LogP contribution in [0.5, 0.6) is 0 Å². The Bertz CT molecular complexity index is 634. The Morgan fingerprint density at radius 3 is 2.94 bits per heavy atom. The van der Waals surface area contributed by atoms with E-state index >= 15 is 0 Å². The van der Waals surface area contributed by atoms with Crippen LogP contribution in [0.2, 0.25) is 5.02 Å². The molecule has 0 fully saturated rings. The average Bonchev–Trinajstić information content (AvgIpc) is 2.69. The fourth-order valence-electron chi connectivity index (χ4n) is 2.70. The number of hydrogen-bond donors (Lipinski definition) is 3. The van der Waals surface area contributed by atoms with Gasteiger partial charge in [0.15, 0.2) is 0 Å². The number of nitrogens with one attached hydrogen (secondary N) is 1. The SMILES string of the molecule is O=C(O)C1Cc2[nH]c3c(Cl)cccc3c2C(O)C1. The van der Waals surface area contributed by atoms with Crippen LogP contribution in [0.25, 0.3) is 10.9 Å². The molecule has 0 saturated heterocycles. The predicted molar refractivity (Wildman–Crippen MR) is 67.7 cm³/mol. The number of carboxylic acids is 1. The molecule has 0 bridgehead atoms. The summed E-state index contributed by atoms with van der Waals surface area (Å²) >= 11 is 6.09. The first-order valence-corrected chi connectivity index (χ1v) is 6.15. The Morgan fingerprint density at radius 2 is 2.22 bits per heavy atom. The van der Waals surface area contributed by atoms with Crippen molar-refractivity contribution in [2.75, 3.05) is 0 Å². The zero-order valence-electron chi connectivity index (χ0n) is 9.48. The lowest BCUT2D eigenvalue weighted by molar-refractivity contribution is -0.143. The molecule has 2 aromatic rings.